The Morgan fingerprint density at radius 3 is 2.67 bits per heavy atom. The number of benzene rings is 2. The lowest BCUT2D eigenvalue weighted by atomic mass is 10.1. The molecule has 0 saturated carbocycles. The van der Waals surface area contributed by atoms with Crippen LogP contribution in [-0.4, -0.2) is 26.0 Å². The lowest BCUT2D eigenvalue weighted by molar-refractivity contribution is 0.280. The number of aromatic nitrogens is 2. The quantitative estimate of drug-likeness (QED) is 0.528. The number of pyridine rings is 1. The van der Waals surface area contributed by atoms with E-state index in [0.29, 0.717) is 16.8 Å². The van der Waals surface area contributed by atoms with Gasteiger partial charge in [-0.3, -0.25) is 9.98 Å². The average molecular weight is 359 g/mol. The number of hydrogen-bond donors (Lipinski definition) is 2. The van der Waals surface area contributed by atoms with Crippen molar-refractivity contribution in [2.24, 2.45) is 4.99 Å². The molecule has 0 aliphatic carbocycles. The van der Waals surface area contributed by atoms with Gasteiger partial charge in [-0.05, 0) is 38.1 Å². The van der Waals surface area contributed by atoms with E-state index in [1.807, 2.05) is 12.1 Å². The van der Waals surface area contributed by atoms with Gasteiger partial charge in [0.25, 0.3) is 0 Å². The summed E-state index contributed by atoms with van der Waals surface area (Å²) in [5.74, 6) is 0.0500. The van der Waals surface area contributed by atoms with Crippen LogP contribution in [0.5, 0.6) is 5.75 Å². The molecule has 4 aromatic rings. The largest absolute Gasteiger partial charge is 0.505 e. The smallest absolute Gasteiger partial charge is 0.145 e. The van der Waals surface area contributed by atoms with Crippen LogP contribution in [0, 0.1) is 6.92 Å². The summed E-state index contributed by atoms with van der Waals surface area (Å²) in [5, 5.41) is 22.1. The zero-order chi connectivity index (χ0) is 19.0. The van der Waals surface area contributed by atoms with E-state index in [1.54, 1.807) is 19.3 Å². The summed E-state index contributed by atoms with van der Waals surface area (Å²) < 4.78 is 2.29. The number of aromatic hydroxyl groups is 1. The van der Waals surface area contributed by atoms with Crippen LogP contribution < -0.4 is 0 Å². The minimum absolute atomic E-state index is 0.0500. The summed E-state index contributed by atoms with van der Waals surface area (Å²) in [5.41, 5.74) is 4.73. The molecule has 0 fully saturated rings. The molecule has 2 aromatic carbocycles. The molecule has 4 rings (SSSR count). The van der Waals surface area contributed by atoms with Crippen LogP contribution in [-0.2, 0) is 13.2 Å². The Bertz CT molecular complexity index is 1180. The predicted molar refractivity (Wildman–Crippen MR) is 109 cm³/mol. The van der Waals surface area contributed by atoms with Crippen molar-refractivity contribution in [3.63, 3.8) is 0 Å². The summed E-state index contributed by atoms with van der Waals surface area (Å²) in [6.07, 6.45) is 3.16. The van der Waals surface area contributed by atoms with Gasteiger partial charge in [-0.2, -0.15) is 0 Å². The lowest BCUT2D eigenvalue weighted by Gasteiger charge is -2.07. The van der Waals surface area contributed by atoms with Crippen LogP contribution in [0.15, 0.2) is 53.7 Å². The maximum absolute atomic E-state index is 10.3. The highest BCUT2D eigenvalue weighted by molar-refractivity contribution is 6.09. The highest BCUT2D eigenvalue weighted by Gasteiger charge is 2.11. The molecule has 2 N–H and O–H groups in total. The van der Waals surface area contributed by atoms with Gasteiger partial charge in [-0.1, -0.05) is 18.2 Å². The summed E-state index contributed by atoms with van der Waals surface area (Å²) in [4.78, 5) is 8.62. The average Bonchev–Trinajstić information content (AvgIpc) is 3.02. The van der Waals surface area contributed by atoms with E-state index in [9.17, 15) is 10.2 Å². The predicted octanol–water partition coefficient (Wildman–Crippen LogP) is 4.47. The number of fused-ring (bicyclic) bond motifs is 3. The third-order valence-corrected chi connectivity index (χ3v) is 4.94. The van der Waals surface area contributed by atoms with Crippen LogP contribution >= 0.6 is 0 Å². The molecule has 0 aliphatic heterocycles. The molecule has 0 radical (unpaired) electrons. The van der Waals surface area contributed by atoms with Gasteiger partial charge in [0.15, 0.2) is 0 Å². The first-order valence-electron chi connectivity index (χ1n) is 8.97. The van der Waals surface area contributed by atoms with E-state index in [2.05, 4.69) is 51.8 Å². The normalized spacial score (nSPS) is 11.8. The molecule has 0 unspecified atom stereocenters. The molecule has 0 saturated heterocycles. The van der Waals surface area contributed by atoms with Crippen molar-refractivity contribution < 1.29 is 10.2 Å². The molecule has 2 aromatic heterocycles. The fraction of sp³-hybridized carbons (Fsp3) is 0.182. The summed E-state index contributed by atoms with van der Waals surface area (Å²) in [6, 6.07) is 14.5. The topological polar surface area (TPSA) is 70.6 Å². The Morgan fingerprint density at radius 1 is 1.11 bits per heavy atom. The van der Waals surface area contributed by atoms with Gasteiger partial charge in [-0.25, -0.2) is 0 Å². The van der Waals surface area contributed by atoms with Crippen molar-refractivity contribution in [2.45, 2.75) is 27.0 Å². The van der Waals surface area contributed by atoms with Gasteiger partial charge in [-0.15, -0.1) is 0 Å². The van der Waals surface area contributed by atoms with Gasteiger partial charge >= 0.3 is 0 Å². The zero-order valence-corrected chi connectivity index (χ0v) is 15.3. The zero-order valence-electron chi connectivity index (χ0n) is 15.3. The number of hydrogen-bond acceptors (Lipinski definition) is 4. The number of aliphatic hydroxyl groups is 1. The van der Waals surface area contributed by atoms with Crippen molar-refractivity contribution in [1.29, 1.82) is 0 Å². The maximum atomic E-state index is 10.3. The van der Waals surface area contributed by atoms with Gasteiger partial charge in [0.1, 0.15) is 5.75 Å². The van der Waals surface area contributed by atoms with Crippen LogP contribution in [0.2, 0.25) is 0 Å². The van der Waals surface area contributed by atoms with Gasteiger partial charge < -0.3 is 14.8 Å². The molecular formula is C22H21N3O2. The molecule has 136 valence electrons. The molecule has 0 atom stereocenters. The van der Waals surface area contributed by atoms with E-state index < -0.39 is 0 Å². The first kappa shape index (κ1) is 17.2. The van der Waals surface area contributed by atoms with Crippen molar-refractivity contribution in [1.82, 2.24) is 9.55 Å². The Morgan fingerprint density at radius 2 is 1.89 bits per heavy atom. The van der Waals surface area contributed by atoms with Crippen molar-refractivity contribution in [3.8, 4) is 5.75 Å². The van der Waals surface area contributed by atoms with Crippen molar-refractivity contribution >= 4 is 33.7 Å². The molecule has 5 heteroatoms. The Balaban J connectivity index is 1.83. The van der Waals surface area contributed by atoms with Crippen molar-refractivity contribution in [2.75, 3.05) is 0 Å². The van der Waals surface area contributed by atoms with E-state index in [1.165, 1.54) is 16.4 Å². The monoisotopic (exact) mass is 359 g/mol. The van der Waals surface area contributed by atoms with E-state index >= 15 is 0 Å². The number of nitrogens with zero attached hydrogens (tertiary/aromatic N) is 3. The summed E-state index contributed by atoms with van der Waals surface area (Å²) >= 11 is 0. The second kappa shape index (κ2) is 6.85. The van der Waals surface area contributed by atoms with E-state index in [0.717, 1.165) is 17.6 Å². The van der Waals surface area contributed by atoms with Gasteiger partial charge in [0, 0.05) is 51.9 Å². The number of para-hydroxylation sites is 1. The first-order chi connectivity index (χ1) is 13.1. The molecule has 0 amide bonds. The summed E-state index contributed by atoms with van der Waals surface area (Å²) in [6.45, 7) is 4.56. The lowest BCUT2D eigenvalue weighted by Crippen LogP contribution is -1.97. The first-order valence-corrected chi connectivity index (χ1v) is 8.97. The Hall–Kier alpha value is -3.18. The van der Waals surface area contributed by atoms with Crippen LogP contribution in [0.4, 0.5) is 5.69 Å². The second-order valence-corrected chi connectivity index (χ2v) is 6.51. The number of aryl methyl sites for hydroxylation is 2. The molecule has 0 spiro atoms. The van der Waals surface area contributed by atoms with Crippen LogP contribution in [0.1, 0.15) is 23.7 Å². The van der Waals surface area contributed by atoms with E-state index in [-0.39, 0.29) is 12.4 Å². The fourth-order valence-corrected chi connectivity index (χ4v) is 3.52. The minimum Gasteiger partial charge on any atom is -0.505 e. The third kappa shape index (κ3) is 2.86. The van der Waals surface area contributed by atoms with E-state index in [4.69, 9.17) is 0 Å². The Kier molecular flexibility index (Phi) is 4.38. The second-order valence-electron chi connectivity index (χ2n) is 6.51. The minimum atomic E-state index is -0.203. The molecular weight excluding hydrogens is 338 g/mol. The maximum Gasteiger partial charge on any atom is 0.145 e. The Labute approximate surface area is 157 Å². The molecule has 0 bridgehead atoms. The van der Waals surface area contributed by atoms with Crippen LogP contribution in [0.3, 0.4) is 0 Å². The SMILES string of the molecule is CCn1c2ccccc2c2cc(N=Cc3c(CO)cnc(C)c3O)ccc21. The van der Waals surface area contributed by atoms with Gasteiger partial charge in [0.05, 0.1) is 18.0 Å². The highest BCUT2D eigenvalue weighted by atomic mass is 16.3. The summed E-state index contributed by atoms with van der Waals surface area (Å²) in [7, 11) is 0. The van der Waals surface area contributed by atoms with Crippen LogP contribution in [0.25, 0.3) is 21.8 Å². The number of aliphatic hydroxyl groups excluding tert-OH is 1. The molecule has 0 aliphatic rings. The third-order valence-electron chi connectivity index (χ3n) is 4.94. The highest BCUT2D eigenvalue weighted by Crippen LogP contribution is 2.32. The molecule has 2 heterocycles. The molecule has 5 nitrogen and oxygen atoms in total. The molecule has 27 heavy (non-hydrogen) atoms. The van der Waals surface area contributed by atoms with Gasteiger partial charge in [0.2, 0.25) is 0 Å². The number of rotatable bonds is 4. The van der Waals surface area contributed by atoms with Crippen molar-refractivity contribution in [3.05, 3.63) is 65.5 Å². The fourth-order valence-electron chi connectivity index (χ4n) is 3.52. The standard InChI is InChI=1S/C22H21N3O2/c1-3-25-20-7-5-4-6-17(20)18-10-16(8-9-21(18)25)24-12-19-15(13-26)11-23-14(2)22(19)27/h4-12,26-27H,3,13H2,1-2H3. The number of aliphatic imine (C=N–C) groups is 1.